The quantitative estimate of drug-likeness (QED) is 0.355. The average molecular weight is 376 g/mol. The normalized spacial score (nSPS) is 17.8. The summed E-state index contributed by atoms with van der Waals surface area (Å²) in [5.41, 5.74) is 0. The van der Waals surface area contributed by atoms with Crippen LogP contribution in [0.5, 0.6) is 0 Å². The number of hydrogen-bond donors (Lipinski definition) is 0. The van der Waals surface area contributed by atoms with Crippen molar-refractivity contribution < 1.29 is 0 Å². The van der Waals surface area contributed by atoms with E-state index < -0.39 is 9.99 Å². The van der Waals surface area contributed by atoms with Crippen molar-refractivity contribution in [1.29, 1.82) is 0 Å². The molecule has 6 heteroatoms. The van der Waals surface area contributed by atoms with Crippen LogP contribution >= 0.6 is 55.0 Å². The fraction of sp³-hybridized carbons (Fsp3) is 1.00. The van der Waals surface area contributed by atoms with Crippen LogP contribution in [-0.2, 0) is 0 Å². The van der Waals surface area contributed by atoms with Crippen molar-refractivity contribution in [2.24, 2.45) is 0 Å². The van der Waals surface area contributed by atoms with Gasteiger partial charge in [-0.1, -0.05) is 0 Å². The molecule has 0 aromatic heterocycles. The topological polar surface area (TPSA) is 0 Å². The van der Waals surface area contributed by atoms with Gasteiger partial charge in [0, 0.05) is 0 Å². The van der Waals surface area contributed by atoms with Gasteiger partial charge in [-0.05, 0) is 0 Å². The van der Waals surface area contributed by atoms with Crippen molar-refractivity contribution in [3.63, 3.8) is 0 Å². The molecule has 0 heterocycles. The molecule has 0 amide bonds. The van der Waals surface area contributed by atoms with E-state index in [4.69, 9.17) is 45.0 Å². The maximum absolute atomic E-state index is 6.67. The van der Waals surface area contributed by atoms with Gasteiger partial charge in [-0.2, -0.15) is 0 Å². The van der Waals surface area contributed by atoms with E-state index in [1.165, 1.54) is 0 Å². The van der Waals surface area contributed by atoms with Gasteiger partial charge < -0.3 is 0 Å². The average Bonchev–Trinajstić information content (AvgIpc) is 2.16. The third-order valence-corrected chi connectivity index (χ3v) is 35.1. The van der Waals surface area contributed by atoms with E-state index in [2.05, 4.69) is 27.7 Å². The second kappa shape index (κ2) is 6.85. The predicted octanol–water partition coefficient (Wildman–Crippen LogP) is 8.26. The van der Waals surface area contributed by atoms with Crippen LogP contribution < -0.4 is 0 Å². The molecule has 0 atom stereocenters. The minimum atomic E-state index is -3.63. The summed E-state index contributed by atoms with van der Waals surface area (Å²) in [7, 11) is 0. The molecular weight excluding hydrogens is 348 g/mol. The van der Waals surface area contributed by atoms with E-state index in [9.17, 15) is 0 Å². The van der Waals surface area contributed by atoms with Gasteiger partial charge in [-0.3, -0.25) is 0 Å². The first kappa shape index (κ1) is 20.0. The SMILES string of the molecule is CCCP(CCC)(CCC)(CCC)P(Cl)(Cl)(Cl)Cl. The molecule has 114 valence electrons. The zero-order valence-corrected chi connectivity index (χ0v) is 16.9. The minimum absolute atomic E-state index is 1.04. The van der Waals surface area contributed by atoms with Crippen molar-refractivity contribution in [2.75, 3.05) is 24.6 Å². The van der Waals surface area contributed by atoms with E-state index in [1.54, 1.807) is 0 Å². The molecule has 0 N–H and O–H groups in total. The third-order valence-electron chi connectivity index (χ3n) is 4.05. The molecule has 18 heavy (non-hydrogen) atoms. The number of hydrogen-bond acceptors (Lipinski definition) is 0. The van der Waals surface area contributed by atoms with Crippen LogP contribution in [0.15, 0.2) is 0 Å². The van der Waals surface area contributed by atoms with Gasteiger partial charge in [0.2, 0.25) is 0 Å². The van der Waals surface area contributed by atoms with Crippen LogP contribution in [0.3, 0.4) is 0 Å². The van der Waals surface area contributed by atoms with Gasteiger partial charge in [-0.15, -0.1) is 0 Å². The molecule has 0 aliphatic carbocycles. The molecule has 0 rings (SSSR count). The Morgan fingerprint density at radius 1 is 0.556 bits per heavy atom. The second-order valence-electron chi connectivity index (χ2n) is 5.49. The Balaban J connectivity index is 5.98. The first-order chi connectivity index (χ1) is 8.08. The monoisotopic (exact) mass is 374 g/mol. The van der Waals surface area contributed by atoms with Crippen LogP contribution in [-0.4, -0.2) is 24.6 Å². The summed E-state index contributed by atoms with van der Waals surface area (Å²) in [5, 5.41) is 0. The molecule has 0 saturated heterocycles. The van der Waals surface area contributed by atoms with E-state index in [0.717, 1.165) is 50.3 Å². The Morgan fingerprint density at radius 2 is 0.778 bits per heavy atom. The van der Waals surface area contributed by atoms with Crippen molar-refractivity contribution in [2.45, 2.75) is 53.4 Å². The van der Waals surface area contributed by atoms with E-state index in [0.29, 0.717) is 0 Å². The summed E-state index contributed by atoms with van der Waals surface area (Å²) < 4.78 is -3.63. The van der Waals surface area contributed by atoms with Crippen molar-refractivity contribution in [3.05, 3.63) is 0 Å². The van der Waals surface area contributed by atoms with Gasteiger partial charge in [0.1, 0.15) is 0 Å². The van der Waals surface area contributed by atoms with Crippen LogP contribution in [0.2, 0.25) is 0 Å². The second-order valence-corrected chi connectivity index (χ2v) is 32.3. The first-order valence-electron chi connectivity index (χ1n) is 6.97. The first-order valence-corrected chi connectivity index (χ1v) is 16.5. The third kappa shape index (κ3) is 3.61. The van der Waals surface area contributed by atoms with E-state index in [1.807, 2.05) is 0 Å². The molecule has 0 spiro atoms. The Morgan fingerprint density at radius 3 is 0.889 bits per heavy atom. The fourth-order valence-electron chi connectivity index (χ4n) is 3.57. The fourth-order valence-corrected chi connectivity index (χ4v) is 27.6. The van der Waals surface area contributed by atoms with Crippen molar-refractivity contribution >= 4 is 55.0 Å². The molecule has 0 aliphatic rings. The van der Waals surface area contributed by atoms with Crippen molar-refractivity contribution in [3.8, 4) is 0 Å². The molecule has 0 unspecified atom stereocenters. The summed E-state index contributed by atoms with van der Waals surface area (Å²) in [4.78, 5) is 0. The summed E-state index contributed by atoms with van der Waals surface area (Å²) in [6.45, 7) is 8.75. The molecular formula is C12H28Cl4P2. The van der Waals surface area contributed by atoms with E-state index >= 15 is 0 Å². The number of halogens is 4. The molecule has 0 fully saturated rings. The Labute approximate surface area is 132 Å². The standard InChI is InChI=1S/C12H28Cl4P2/c1-5-9-17(10-6-2,11-7-3,12-8-4)18(13,14,15)16/h5-12H2,1-4H3. The van der Waals surface area contributed by atoms with Gasteiger partial charge >= 0.3 is 133 Å². The molecule has 0 radical (unpaired) electrons. The summed E-state index contributed by atoms with van der Waals surface area (Å²) >= 11 is 26.7. The number of rotatable bonds is 9. The zero-order valence-electron chi connectivity index (χ0n) is 12.1. The maximum atomic E-state index is 6.67. The van der Waals surface area contributed by atoms with Gasteiger partial charge in [0.25, 0.3) is 0 Å². The molecule has 0 aliphatic heterocycles. The van der Waals surface area contributed by atoms with Gasteiger partial charge in [0.15, 0.2) is 0 Å². The zero-order chi connectivity index (χ0) is 14.6. The van der Waals surface area contributed by atoms with Crippen LogP contribution in [0.1, 0.15) is 53.4 Å². The molecule has 0 bridgehead atoms. The summed E-state index contributed by atoms with van der Waals surface area (Å²) in [6.07, 6.45) is 5.95. The molecule has 0 aromatic rings. The molecule has 0 saturated carbocycles. The predicted molar refractivity (Wildman–Crippen MR) is 97.9 cm³/mol. The van der Waals surface area contributed by atoms with Gasteiger partial charge in [-0.25, -0.2) is 0 Å². The molecule has 0 nitrogen and oxygen atoms in total. The van der Waals surface area contributed by atoms with Crippen molar-refractivity contribution in [1.82, 2.24) is 0 Å². The van der Waals surface area contributed by atoms with Gasteiger partial charge in [0.05, 0.1) is 0 Å². The van der Waals surface area contributed by atoms with Crippen LogP contribution in [0.4, 0.5) is 0 Å². The van der Waals surface area contributed by atoms with E-state index in [-0.39, 0.29) is 0 Å². The molecule has 0 aromatic carbocycles. The summed E-state index contributed by atoms with van der Waals surface area (Å²) in [5.74, 6) is 0. The summed E-state index contributed by atoms with van der Waals surface area (Å²) in [6, 6.07) is 0. The Bertz CT molecular complexity index is 228. The Kier molecular flexibility index (Phi) is 7.62. The Hall–Kier alpha value is 2.02. The van der Waals surface area contributed by atoms with Crippen LogP contribution in [0.25, 0.3) is 0 Å². The van der Waals surface area contributed by atoms with Crippen LogP contribution in [0, 0.1) is 0 Å².